The summed E-state index contributed by atoms with van der Waals surface area (Å²) >= 11 is 1.62. The first-order valence-electron chi connectivity index (χ1n) is 14.4. The van der Waals surface area contributed by atoms with Crippen LogP contribution in [0, 0.1) is 37.5 Å². The number of amides is 2. The average Bonchev–Trinajstić information content (AvgIpc) is 3.50. The maximum absolute atomic E-state index is 14.9. The number of nitrogens with zero attached hydrogens (tertiary/aromatic N) is 2. The molecule has 3 unspecified atom stereocenters. The lowest BCUT2D eigenvalue weighted by Gasteiger charge is -2.43. The van der Waals surface area contributed by atoms with Gasteiger partial charge in [-0.05, 0) is 62.1 Å². The highest BCUT2D eigenvalue weighted by molar-refractivity contribution is 8.02. The van der Waals surface area contributed by atoms with Crippen LogP contribution in [0.25, 0.3) is 0 Å². The van der Waals surface area contributed by atoms with Gasteiger partial charge < -0.3 is 19.6 Å². The van der Waals surface area contributed by atoms with Gasteiger partial charge in [-0.3, -0.25) is 14.4 Å². The molecular weight excluding hydrogens is 524 g/mol. The normalized spacial score (nSPS) is 29.4. The van der Waals surface area contributed by atoms with Gasteiger partial charge in [-0.2, -0.15) is 0 Å². The molecule has 0 radical (unpaired) electrons. The molecule has 3 saturated heterocycles. The lowest BCUT2D eigenvalue weighted by atomic mass is 9.66. The first-order valence-corrected chi connectivity index (χ1v) is 15.3. The van der Waals surface area contributed by atoms with E-state index < -0.39 is 28.7 Å². The highest BCUT2D eigenvalue weighted by Crippen LogP contribution is 2.69. The Morgan fingerprint density at radius 1 is 1.27 bits per heavy atom. The Morgan fingerprint density at radius 2 is 2.00 bits per heavy atom. The molecule has 8 heteroatoms. The zero-order valence-electron chi connectivity index (χ0n) is 24.5. The molecule has 7 nitrogen and oxygen atoms in total. The number of ether oxygens (including phenoxy) is 1. The van der Waals surface area contributed by atoms with Crippen molar-refractivity contribution in [2.24, 2.45) is 23.7 Å². The fourth-order valence-corrected chi connectivity index (χ4v) is 9.47. The van der Waals surface area contributed by atoms with E-state index in [1.165, 1.54) is 0 Å². The summed E-state index contributed by atoms with van der Waals surface area (Å²) in [5, 5.41) is 10.4. The van der Waals surface area contributed by atoms with Gasteiger partial charge in [-0.15, -0.1) is 24.9 Å². The van der Waals surface area contributed by atoms with Crippen LogP contribution in [0.5, 0.6) is 0 Å². The van der Waals surface area contributed by atoms with Crippen LogP contribution in [0.4, 0.5) is 5.69 Å². The van der Waals surface area contributed by atoms with Crippen molar-refractivity contribution < 1.29 is 24.2 Å². The zero-order chi connectivity index (χ0) is 29.4. The maximum atomic E-state index is 14.9. The molecule has 1 N–H and O–H groups in total. The molecule has 1 aromatic rings. The monoisotopic (exact) mass is 568 g/mol. The number of thioether (sulfide) groups is 1. The zero-order valence-corrected chi connectivity index (χ0v) is 25.3. The van der Waals surface area contributed by atoms with Crippen molar-refractivity contribution in [3.05, 3.63) is 54.6 Å². The van der Waals surface area contributed by atoms with Gasteiger partial charge in [0, 0.05) is 17.5 Å². The second kappa shape index (κ2) is 12.1. The lowest BCUT2D eigenvalue weighted by Crippen LogP contribution is -2.60. The second-order valence-electron chi connectivity index (χ2n) is 11.9. The van der Waals surface area contributed by atoms with Gasteiger partial charge >= 0.3 is 5.97 Å². The maximum Gasteiger partial charge on any atom is 0.310 e. The number of carbonyl (C=O) groups excluding carboxylic acids is 3. The minimum Gasteiger partial charge on any atom is -0.465 e. The number of unbranched alkanes of at least 4 members (excludes halogenated alkanes) is 1. The molecule has 1 aromatic carbocycles. The topological polar surface area (TPSA) is 87.2 Å². The van der Waals surface area contributed by atoms with E-state index >= 15 is 0 Å². The Bertz CT molecular complexity index is 1170. The Kier molecular flexibility index (Phi) is 9.20. The van der Waals surface area contributed by atoms with Crippen LogP contribution in [0.3, 0.4) is 0 Å². The smallest absolute Gasteiger partial charge is 0.310 e. The quantitative estimate of drug-likeness (QED) is 0.224. The van der Waals surface area contributed by atoms with E-state index in [0.29, 0.717) is 6.42 Å². The van der Waals surface area contributed by atoms with Crippen LogP contribution in [0.2, 0.25) is 0 Å². The second-order valence-corrected chi connectivity index (χ2v) is 13.5. The van der Waals surface area contributed by atoms with Gasteiger partial charge in [0.1, 0.15) is 6.04 Å². The third kappa shape index (κ3) is 4.91. The van der Waals surface area contributed by atoms with E-state index in [-0.39, 0.29) is 54.6 Å². The largest absolute Gasteiger partial charge is 0.465 e. The molecule has 3 aliphatic heterocycles. The summed E-state index contributed by atoms with van der Waals surface area (Å²) in [5.74, 6) is -2.12. The number of rotatable bonds is 12. The molecule has 0 aromatic heterocycles. The fourth-order valence-electron chi connectivity index (χ4n) is 7.08. The highest BCUT2D eigenvalue weighted by Gasteiger charge is 2.77. The van der Waals surface area contributed by atoms with Crippen LogP contribution >= 0.6 is 11.8 Å². The number of aryl methyl sites for hydroxylation is 2. The van der Waals surface area contributed by atoms with Crippen molar-refractivity contribution in [3.63, 3.8) is 0 Å². The fraction of sp³-hybridized carbons (Fsp3) is 0.594. The summed E-state index contributed by atoms with van der Waals surface area (Å²) in [6, 6.07) is 4.62. The molecule has 3 heterocycles. The van der Waals surface area contributed by atoms with Crippen LogP contribution in [0.15, 0.2) is 43.5 Å². The van der Waals surface area contributed by atoms with E-state index in [1.54, 1.807) is 33.7 Å². The highest BCUT2D eigenvalue weighted by atomic mass is 32.2. The molecule has 7 atom stereocenters. The third-order valence-electron chi connectivity index (χ3n) is 9.03. The minimum absolute atomic E-state index is 0.0240. The number of benzene rings is 1. The van der Waals surface area contributed by atoms with Gasteiger partial charge in [0.05, 0.1) is 35.8 Å². The van der Waals surface area contributed by atoms with Gasteiger partial charge in [0.15, 0.2) is 0 Å². The van der Waals surface area contributed by atoms with E-state index in [9.17, 15) is 19.5 Å². The van der Waals surface area contributed by atoms with E-state index in [0.717, 1.165) is 29.7 Å². The number of hydrogen-bond donors (Lipinski definition) is 1. The first kappa shape index (κ1) is 30.4. The van der Waals surface area contributed by atoms with Crippen LogP contribution in [0.1, 0.15) is 51.2 Å². The van der Waals surface area contributed by atoms with Crippen LogP contribution in [-0.4, -0.2) is 69.6 Å². The average molecular weight is 569 g/mol. The standard InChI is InChI=1S/C32H44N2O5S/c1-8-10-11-15-39-31(38)26-25-17-22(7)32(40-25)27(26)29(36)34(24(18-35)19(3)4)28(32)30(37)33(14-9-2)23-16-20(5)12-13-21(23)6/h8-9,12-13,16,19,22,24-28,35H,1-2,10-11,14-15,17-18H2,3-7H3/t22?,24-,25-,26+,27-,28?,32?/m0/s1. The van der Waals surface area contributed by atoms with Crippen molar-refractivity contribution in [3.8, 4) is 0 Å². The Balaban J connectivity index is 1.82. The number of allylic oxidation sites excluding steroid dienone is 1. The number of fused-ring (bicyclic) bond motifs is 1. The molecular formula is C32H44N2O5S. The number of likely N-dealkylation sites (tertiary alicyclic amines) is 1. The van der Waals surface area contributed by atoms with Crippen molar-refractivity contribution in [2.45, 2.75) is 76.0 Å². The van der Waals surface area contributed by atoms with Crippen molar-refractivity contribution >= 4 is 35.2 Å². The van der Waals surface area contributed by atoms with E-state index in [1.807, 2.05) is 45.9 Å². The van der Waals surface area contributed by atoms with Crippen molar-refractivity contribution in [2.75, 3.05) is 24.7 Å². The van der Waals surface area contributed by atoms with Gasteiger partial charge in [-0.1, -0.05) is 45.1 Å². The summed E-state index contributed by atoms with van der Waals surface area (Å²) in [6.45, 7) is 17.9. The SMILES string of the molecule is C=CCCCOC(=O)[C@@H]1[C@@H]2CC(C)C3(S2)C(C(=O)N(CC=C)c2cc(C)ccc2C)N([C@@H](CO)C(C)C)C(=O)[C@H]13. The molecule has 3 aliphatic rings. The molecule has 1 spiro atoms. The van der Waals surface area contributed by atoms with Gasteiger partial charge in [0.2, 0.25) is 5.91 Å². The third-order valence-corrected chi connectivity index (χ3v) is 11.1. The van der Waals surface area contributed by atoms with E-state index in [4.69, 9.17) is 4.74 Å². The summed E-state index contributed by atoms with van der Waals surface area (Å²) in [7, 11) is 0. The van der Waals surface area contributed by atoms with Gasteiger partial charge in [0.25, 0.3) is 5.91 Å². The minimum atomic E-state index is -0.826. The summed E-state index contributed by atoms with van der Waals surface area (Å²) in [5.41, 5.74) is 2.76. The van der Waals surface area contributed by atoms with Crippen molar-refractivity contribution in [1.29, 1.82) is 0 Å². The summed E-state index contributed by atoms with van der Waals surface area (Å²) in [6.07, 6.45) is 5.65. The first-order chi connectivity index (χ1) is 19.0. The molecule has 2 amide bonds. The molecule has 3 fully saturated rings. The number of aliphatic hydroxyl groups is 1. The van der Waals surface area contributed by atoms with Crippen LogP contribution < -0.4 is 4.90 Å². The number of aliphatic hydroxyl groups excluding tert-OH is 1. The molecule has 0 saturated carbocycles. The summed E-state index contributed by atoms with van der Waals surface area (Å²) < 4.78 is 4.90. The Labute approximate surface area is 243 Å². The predicted octanol–water partition coefficient (Wildman–Crippen LogP) is 4.69. The molecule has 4 rings (SSSR count). The molecule has 0 aliphatic carbocycles. The predicted molar refractivity (Wildman–Crippen MR) is 160 cm³/mol. The molecule has 40 heavy (non-hydrogen) atoms. The van der Waals surface area contributed by atoms with Gasteiger partial charge in [-0.25, -0.2) is 0 Å². The molecule has 2 bridgehead atoms. The number of carbonyl (C=O) groups is 3. The Hall–Kier alpha value is -2.58. The number of anilines is 1. The van der Waals surface area contributed by atoms with E-state index in [2.05, 4.69) is 20.1 Å². The number of esters is 1. The van der Waals surface area contributed by atoms with Crippen molar-refractivity contribution in [1.82, 2.24) is 4.90 Å². The summed E-state index contributed by atoms with van der Waals surface area (Å²) in [4.78, 5) is 46.2. The number of hydrogen-bond acceptors (Lipinski definition) is 6. The molecule has 218 valence electrons. The van der Waals surface area contributed by atoms with Crippen LogP contribution in [-0.2, 0) is 19.1 Å². The Morgan fingerprint density at radius 3 is 2.62 bits per heavy atom. The lowest BCUT2D eigenvalue weighted by molar-refractivity contribution is -0.155.